The van der Waals surface area contributed by atoms with Crippen LogP contribution < -0.4 is 4.90 Å². The van der Waals surface area contributed by atoms with E-state index in [-0.39, 0.29) is 11.7 Å². The fraction of sp³-hybridized carbons (Fsp3) is 0.111. The highest BCUT2D eigenvalue weighted by molar-refractivity contribution is 8.27. The fourth-order valence-corrected chi connectivity index (χ4v) is 3.76. The third-order valence-electron chi connectivity index (χ3n) is 3.53. The molecule has 2 nitrogen and oxygen atoms in total. The van der Waals surface area contributed by atoms with Gasteiger partial charge >= 0.3 is 0 Å². The van der Waals surface area contributed by atoms with Gasteiger partial charge in [0, 0.05) is 0 Å². The van der Waals surface area contributed by atoms with E-state index in [1.165, 1.54) is 23.9 Å². The van der Waals surface area contributed by atoms with Crippen molar-refractivity contribution in [2.45, 2.75) is 13.8 Å². The summed E-state index contributed by atoms with van der Waals surface area (Å²) in [7, 11) is 0. The number of carbonyl (C=O) groups is 1. The van der Waals surface area contributed by atoms with Gasteiger partial charge in [0.1, 0.15) is 5.82 Å². The third kappa shape index (κ3) is 3.21. The molecule has 3 rings (SSSR count). The van der Waals surface area contributed by atoms with Gasteiger partial charge in [0.2, 0.25) is 0 Å². The maximum Gasteiger partial charge on any atom is 0.270 e. The molecule has 1 aliphatic rings. The minimum Gasteiger partial charge on any atom is -0.268 e. The summed E-state index contributed by atoms with van der Waals surface area (Å²) in [5.74, 6) is -0.500. The van der Waals surface area contributed by atoms with Gasteiger partial charge in [-0.1, -0.05) is 53.8 Å². The number of hydrogen-bond donors (Lipinski definition) is 0. The first kappa shape index (κ1) is 15.9. The van der Waals surface area contributed by atoms with Crippen LogP contribution in [0.3, 0.4) is 0 Å². The fourth-order valence-electron chi connectivity index (χ4n) is 2.48. The highest BCUT2D eigenvalue weighted by atomic mass is 32.2. The van der Waals surface area contributed by atoms with E-state index < -0.39 is 0 Å². The lowest BCUT2D eigenvalue weighted by atomic mass is 10.1. The molecule has 0 radical (unpaired) electrons. The number of thiocarbonyl (C=S) groups is 1. The normalized spacial score (nSPS) is 16.5. The molecular formula is C18H14FNOS2. The van der Waals surface area contributed by atoms with Gasteiger partial charge in [0.05, 0.1) is 10.6 Å². The number of nitrogens with zero attached hydrogens (tertiary/aromatic N) is 1. The highest BCUT2D eigenvalue weighted by Crippen LogP contribution is 2.37. The summed E-state index contributed by atoms with van der Waals surface area (Å²) in [5.41, 5.74) is 3.56. The summed E-state index contributed by atoms with van der Waals surface area (Å²) in [6.45, 7) is 3.96. The van der Waals surface area contributed by atoms with Crippen molar-refractivity contribution in [3.05, 3.63) is 69.9 Å². The Morgan fingerprint density at radius 2 is 1.96 bits per heavy atom. The molecule has 0 bridgehead atoms. The maximum absolute atomic E-state index is 13.3. The van der Waals surface area contributed by atoms with Crippen LogP contribution in [0.5, 0.6) is 0 Å². The summed E-state index contributed by atoms with van der Waals surface area (Å²) < 4.78 is 13.8. The van der Waals surface area contributed by atoms with Gasteiger partial charge in [-0.2, -0.15) is 0 Å². The quantitative estimate of drug-likeness (QED) is 0.574. The van der Waals surface area contributed by atoms with E-state index in [4.69, 9.17) is 12.2 Å². The van der Waals surface area contributed by atoms with Crippen LogP contribution in [-0.4, -0.2) is 10.2 Å². The number of anilines is 1. The molecule has 2 aromatic carbocycles. The molecule has 1 saturated heterocycles. The zero-order valence-electron chi connectivity index (χ0n) is 12.7. The Labute approximate surface area is 144 Å². The molecule has 1 aliphatic heterocycles. The van der Waals surface area contributed by atoms with Crippen molar-refractivity contribution in [1.29, 1.82) is 0 Å². The standard InChI is InChI=1S/C18H14FNOS2/c1-11-6-7-15(12(2)8-11)20-17(21)16(23-18(20)22)10-13-4-3-5-14(19)9-13/h3-10H,1-2H3/b16-10+. The Balaban J connectivity index is 1.97. The summed E-state index contributed by atoms with van der Waals surface area (Å²) in [4.78, 5) is 14.7. The average molecular weight is 343 g/mol. The van der Waals surface area contributed by atoms with Gasteiger partial charge in [0.25, 0.3) is 5.91 Å². The number of carbonyl (C=O) groups excluding carboxylic acids is 1. The van der Waals surface area contributed by atoms with E-state index in [0.717, 1.165) is 16.8 Å². The van der Waals surface area contributed by atoms with Crippen LogP contribution in [-0.2, 0) is 4.79 Å². The SMILES string of the molecule is Cc1ccc(N2C(=O)/C(=C\c3cccc(F)c3)SC2=S)c(C)c1. The third-order valence-corrected chi connectivity index (χ3v) is 4.84. The van der Waals surface area contributed by atoms with Crippen LogP contribution >= 0.6 is 24.0 Å². The lowest BCUT2D eigenvalue weighted by molar-refractivity contribution is -0.113. The van der Waals surface area contributed by atoms with Gasteiger partial charge in [-0.25, -0.2) is 4.39 Å². The molecule has 5 heteroatoms. The average Bonchev–Trinajstić information content (AvgIpc) is 2.74. The second-order valence-corrected chi connectivity index (χ2v) is 7.04. The van der Waals surface area contributed by atoms with Crippen LogP contribution in [0.25, 0.3) is 6.08 Å². The van der Waals surface area contributed by atoms with E-state index in [0.29, 0.717) is 14.8 Å². The number of amides is 1. The minimum absolute atomic E-state index is 0.170. The topological polar surface area (TPSA) is 20.3 Å². The zero-order chi connectivity index (χ0) is 16.6. The molecule has 116 valence electrons. The van der Waals surface area contributed by atoms with E-state index in [1.807, 2.05) is 32.0 Å². The van der Waals surface area contributed by atoms with Crippen LogP contribution in [0.2, 0.25) is 0 Å². The summed E-state index contributed by atoms with van der Waals surface area (Å²) in [6, 6.07) is 12.0. The van der Waals surface area contributed by atoms with Gasteiger partial charge in [-0.05, 0) is 49.2 Å². The molecule has 0 atom stereocenters. The molecule has 0 saturated carbocycles. The predicted octanol–water partition coefficient (Wildman–Crippen LogP) is 4.85. The first-order valence-electron chi connectivity index (χ1n) is 7.06. The molecule has 1 heterocycles. The van der Waals surface area contributed by atoms with Crippen LogP contribution in [0.15, 0.2) is 47.4 Å². The van der Waals surface area contributed by atoms with Gasteiger partial charge in [-0.3, -0.25) is 9.69 Å². The van der Waals surface area contributed by atoms with Crippen molar-refractivity contribution in [3.63, 3.8) is 0 Å². The molecule has 0 N–H and O–H groups in total. The Morgan fingerprint density at radius 1 is 1.17 bits per heavy atom. The zero-order valence-corrected chi connectivity index (χ0v) is 14.3. The molecule has 1 fully saturated rings. The van der Waals surface area contributed by atoms with Crippen molar-refractivity contribution >= 4 is 46.0 Å². The number of halogens is 1. The van der Waals surface area contributed by atoms with E-state index in [9.17, 15) is 9.18 Å². The van der Waals surface area contributed by atoms with Crippen molar-refractivity contribution in [1.82, 2.24) is 0 Å². The van der Waals surface area contributed by atoms with Crippen LogP contribution in [0.4, 0.5) is 10.1 Å². The van der Waals surface area contributed by atoms with Gasteiger partial charge in [-0.15, -0.1) is 0 Å². The lowest BCUT2D eigenvalue weighted by Gasteiger charge is -2.17. The Bertz CT molecular complexity index is 845. The lowest BCUT2D eigenvalue weighted by Crippen LogP contribution is -2.28. The van der Waals surface area contributed by atoms with Crippen LogP contribution in [0.1, 0.15) is 16.7 Å². The molecule has 1 amide bonds. The van der Waals surface area contributed by atoms with Crippen molar-refractivity contribution in [2.24, 2.45) is 0 Å². The van der Waals surface area contributed by atoms with E-state index in [1.54, 1.807) is 23.1 Å². The molecule has 0 aromatic heterocycles. The maximum atomic E-state index is 13.3. The summed E-state index contributed by atoms with van der Waals surface area (Å²) >= 11 is 6.60. The number of benzene rings is 2. The Hall–Kier alpha value is -1.98. The number of hydrogen-bond acceptors (Lipinski definition) is 3. The van der Waals surface area contributed by atoms with Crippen molar-refractivity contribution < 1.29 is 9.18 Å². The Kier molecular flexibility index (Phi) is 4.33. The number of thioether (sulfide) groups is 1. The smallest absolute Gasteiger partial charge is 0.268 e. The highest BCUT2D eigenvalue weighted by Gasteiger charge is 2.33. The molecule has 0 spiro atoms. The van der Waals surface area contributed by atoms with Crippen LogP contribution in [0, 0.1) is 19.7 Å². The minimum atomic E-state index is -0.330. The van der Waals surface area contributed by atoms with Gasteiger partial charge < -0.3 is 0 Å². The van der Waals surface area contributed by atoms with Crippen molar-refractivity contribution in [2.75, 3.05) is 4.90 Å². The largest absolute Gasteiger partial charge is 0.270 e. The molecule has 0 unspecified atom stereocenters. The van der Waals surface area contributed by atoms with Gasteiger partial charge in [0.15, 0.2) is 4.32 Å². The first-order valence-corrected chi connectivity index (χ1v) is 8.29. The number of aryl methyl sites for hydroxylation is 2. The van der Waals surface area contributed by atoms with E-state index >= 15 is 0 Å². The Morgan fingerprint density at radius 3 is 2.65 bits per heavy atom. The number of rotatable bonds is 2. The molecular weight excluding hydrogens is 329 g/mol. The van der Waals surface area contributed by atoms with E-state index in [2.05, 4.69) is 0 Å². The second kappa shape index (κ2) is 6.26. The molecule has 0 aliphatic carbocycles. The predicted molar refractivity (Wildman–Crippen MR) is 98.0 cm³/mol. The second-order valence-electron chi connectivity index (χ2n) is 5.36. The molecule has 23 heavy (non-hydrogen) atoms. The summed E-state index contributed by atoms with van der Waals surface area (Å²) in [5, 5.41) is 0. The summed E-state index contributed by atoms with van der Waals surface area (Å²) in [6.07, 6.45) is 1.67. The first-order chi connectivity index (χ1) is 11.0. The molecule has 2 aromatic rings. The monoisotopic (exact) mass is 343 g/mol. The van der Waals surface area contributed by atoms with Crippen molar-refractivity contribution in [3.8, 4) is 0 Å².